The van der Waals surface area contributed by atoms with Crippen LogP contribution in [0.15, 0.2) is 48.7 Å². The smallest absolute Gasteiger partial charge is 0.326 e. The maximum atomic E-state index is 12.6. The van der Waals surface area contributed by atoms with E-state index in [2.05, 4.69) is 4.98 Å². The molecule has 0 aliphatic carbocycles. The zero-order chi connectivity index (χ0) is 17.7. The standard InChI is InChI=1S/C19H22N2O3/c1-13(2)15-9-10-16(20-12-15)18(22)21(3)17(19(23)24)11-14-7-5-4-6-8-14/h4-10,12-13,17H,11H2,1-3H3,(H,23,24). The van der Waals surface area contributed by atoms with E-state index >= 15 is 0 Å². The number of carboxylic acids is 1. The minimum atomic E-state index is -1.03. The van der Waals surface area contributed by atoms with Crippen molar-refractivity contribution < 1.29 is 14.7 Å². The number of hydrogen-bond donors (Lipinski definition) is 1. The van der Waals surface area contributed by atoms with E-state index in [0.717, 1.165) is 11.1 Å². The van der Waals surface area contributed by atoms with Gasteiger partial charge in [0.1, 0.15) is 11.7 Å². The maximum Gasteiger partial charge on any atom is 0.326 e. The van der Waals surface area contributed by atoms with Gasteiger partial charge in [-0.2, -0.15) is 0 Å². The molecule has 0 fully saturated rings. The van der Waals surface area contributed by atoms with E-state index in [1.165, 1.54) is 11.9 Å². The van der Waals surface area contributed by atoms with Gasteiger partial charge in [0.25, 0.3) is 5.91 Å². The summed E-state index contributed by atoms with van der Waals surface area (Å²) < 4.78 is 0. The largest absolute Gasteiger partial charge is 0.480 e. The number of aromatic nitrogens is 1. The Morgan fingerprint density at radius 1 is 1.12 bits per heavy atom. The molecule has 1 heterocycles. The Hall–Kier alpha value is -2.69. The number of likely N-dealkylation sites (N-methyl/N-ethyl adjacent to an activating group) is 1. The van der Waals surface area contributed by atoms with Crippen molar-refractivity contribution in [3.8, 4) is 0 Å². The second-order valence-electron chi connectivity index (χ2n) is 6.09. The van der Waals surface area contributed by atoms with Crippen molar-refractivity contribution in [1.82, 2.24) is 9.88 Å². The third-order valence-corrected chi connectivity index (χ3v) is 4.02. The molecule has 1 atom stereocenters. The fraction of sp³-hybridized carbons (Fsp3) is 0.316. The van der Waals surface area contributed by atoms with Gasteiger partial charge < -0.3 is 10.0 Å². The summed E-state index contributed by atoms with van der Waals surface area (Å²) >= 11 is 0. The van der Waals surface area contributed by atoms with E-state index in [1.54, 1.807) is 12.3 Å². The van der Waals surface area contributed by atoms with Crippen LogP contribution in [0.5, 0.6) is 0 Å². The molecule has 0 aliphatic rings. The Balaban J connectivity index is 2.17. The minimum absolute atomic E-state index is 0.251. The molecule has 0 saturated carbocycles. The third kappa shape index (κ3) is 4.19. The van der Waals surface area contributed by atoms with Crippen molar-refractivity contribution in [2.45, 2.75) is 32.2 Å². The highest BCUT2D eigenvalue weighted by molar-refractivity contribution is 5.94. The predicted molar refractivity (Wildman–Crippen MR) is 92.0 cm³/mol. The van der Waals surface area contributed by atoms with E-state index < -0.39 is 17.9 Å². The molecule has 1 aromatic heterocycles. The van der Waals surface area contributed by atoms with Crippen LogP contribution in [0.1, 0.15) is 41.4 Å². The molecule has 0 radical (unpaired) electrons. The van der Waals surface area contributed by atoms with Gasteiger partial charge in [-0.25, -0.2) is 4.79 Å². The number of aliphatic carboxylic acids is 1. The summed E-state index contributed by atoms with van der Waals surface area (Å²) in [4.78, 5) is 29.6. The first kappa shape index (κ1) is 17.7. The minimum Gasteiger partial charge on any atom is -0.480 e. The van der Waals surface area contributed by atoms with Crippen molar-refractivity contribution in [1.29, 1.82) is 0 Å². The van der Waals surface area contributed by atoms with E-state index in [9.17, 15) is 14.7 Å². The van der Waals surface area contributed by atoms with Crippen LogP contribution in [-0.2, 0) is 11.2 Å². The van der Waals surface area contributed by atoms with Gasteiger partial charge in [-0.05, 0) is 23.1 Å². The number of nitrogens with zero attached hydrogens (tertiary/aromatic N) is 2. The first-order valence-electron chi connectivity index (χ1n) is 7.90. The highest BCUT2D eigenvalue weighted by Crippen LogP contribution is 2.15. The number of carbonyl (C=O) groups excluding carboxylic acids is 1. The van der Waals surface area contributed by atoms with Crippen molar-refractivity contribution in [3.63, 3.8) is 0 Å². The first-order valence-corrected chi connectivity index (χ1v) is 7.90. The second-order valence-corrected chi connectivity index (χ2v) is 6.09. The zero-order valence-electron chi connectivity index (χ0n) is 14.1. The van der Waals surface area contributed by atoms with Crippen molar-refractivity contribution in [2.24, 2.45) is 0 Å². The monoisotopic (exact) mass is 326 g/mol. The molecule has 1 aromatic carbocycles. The van der Waals surface area contributed by atoms with Crippen molar-refractivity contribution >= 4 is 11.9 Å². The summed E-state index contributed by atoms with van der Waals surface area (Å²) in [5.74, 6) is -1.11. The molecule has 1 N–H and O–H groups in total. The van der Waals surface area contributed by atoms with Crippen LogP contribution in [-0.4, -0.2) is 40.0 Å². The van der Waals surface area contributed by atoms with Crippen LogP contribution in [0.25, 0.3) is 0 Å². The topological polar surface area (TPSA) is 70.5 Å². The van der Waals surface area contributed by atoms with Crippen LogP contribution >= 0.6 is 0 Å². The van der Waals surface area contributed by atoms with Gasteiger partial charge >= 0.3 is 5.97 Å². The molecular weight excluding hydrogens is 304 g/mol. The lowest BCUT2D eigenvalue weighted by molar-refractivity contribution is -0.141. The van der Waals surface area contributed by atoms with E-state index in [0.29, 0.717) is 5.92 Å². The molecule has 0 spiro atoms. The molecule has 1 unspecified atom stereocenters. The first-order chi connectivity index (χ1) is 11.4. The van der Waals surface area contributed by atoms with Crippen LogP contribution < -0.4 is 0 Å². The van der Waals surface area contributed by atoms with Crippen LogP contribution in [0, 0.1) is 0 Å². The second kappa shape index (κ2) is 7.73. The van der Waals surface area contributed by atoms with E-state index in [4.69, 9.17) is 0 Å². The van der Waals surface area contributed by atoms with E-state index in [1.807, 2.05) is 50.2 Å². The van der Waals surface area contributed by atoms with Gasteiger partial charge in [0, 0.05) is 19.7 Å². The summed E-state index contributed by atoms with van der Waals surface area (Å²) in [6.45, 7) is 4.09. The lowest BCUT2D eigenvalue weighted by Crippen LogP contribution is -2.44. The molecule has 24 heavy (non-hydrogen) atoms. The molecule has 126 valence electrons. The Morgan fingerprint density at radius 2 is 1.79 bits per heavy atom. The average molecular weight is 326 g/mol. The Labute approximate surface area is 142 Å². The number of hydrogen-bond acceptors (Lipinski definition) is 3. The molecule has 2 aromatic rings. The lowest BCUT2D eigenvalue weighted by atomic mass is 10.0. The number of amides is 1. The van der Waals surface area contributed by atoms with Crippen LogP contribution in [0.3, 0.4) is 0 Å². The normalized spacial score (nSPS) is 12.0. The van der Waals surface area contributed by atoms with Gasteiger partial charge in [-0.15, -0.1) is 0 Å². The molecule has 5 nitrogen and oxygen atoms in total. The number of carbonyl (C=O) groups is 2. The summed E-state index contributed by atoms with van der Waals surface area (Å²) in [6.07, 6.45) is 1.92. The Bertz CT molecular complexity index is 696. The van der Waals surface area contributed by atoms with Crippen molar-refractivity contribution in [3.05, 3.63) is 65.5 Å². The van der Waals surface area contributed by atoms with Gasteiger partial charge in [-0.1, -0.05) is 50.2 Å². The SMILES string of the molecule is CC(C)c1ccc(C(=O)N(C)C(Cc2ccccc2)C(=O)O)nc1. The molecule has 1 amide bonds. The summed E-state index contributed by atoms with van der Waals surface area (Å²) in [5, 5.41) is 9.50. The lowest BCUT2D eigenvalue weighted by Gasteiger charge is -2.24. The summed E-state index contributed by atoms with van der Waals surface area (Å²) in [5.41, 5.74) is 2.15. The average Bonchev–Trinajstić information content (AvgIpc) is 2.59. The molecule has 2 rings (SSSR count). The maximum absolute atomic E-state index is 12.6. The Morgan fingerprint density at radius 3 is 2.29 bits per heavy atom. The highest BCUT2D eigenvalue weighted by atomic mass is 16.4. The van der Waals surface area contributed by atoms with E-state index in [-0.39, 0.29) is 12.1 Å². The fourth-order valence-corrected chi connectivity index (χ4v) is 2.42. The quantitative estimate of drug-likeness (QED) is 0.886. The predicted octanol–water partition coefficient (Wildman–Crippen LogP) is 2.97. The molecule has 5 heteroatoms. The molecule has 0 bridgehead atoms. The van der Waals surface area contributed by atoms with Crippen LogP contribution in [0.4, 0.5) is 0 Å². The third-order valence-electron chi connectivity index (χ3n) is 4.02. The summed E-state index contributed by atoms with van der Waals surface area (Å²) in [6, 6.07) is 11.8. The number of rotatable bonds is 6. The molecule has 0 aliphatic heterocycles. The molecule has 0 saturated heterocycles. The summed E-state index contributed by atoms with van der Waals surface area (Å²) in [7, 11) is 1.50. The highest BCUT2D eigenvalue weighted by Gasteiger charge is 2.28. The number of pyridine rings is 1. The number of benzene rings is 1. The van der Waals surface area contributed by atoms with Crippen LogP contribution in [0.2, 0.25) is 0 Å². The van der Waals surface area contributed by atoms with Gasteiger partial charge in [0.15, 0.2) is 0 Å². The van der Waals surface area contributed by atoms with Gasteiger partial charge in [0.05, 0.1) is 0 Å². The zero-order valence-corrected chi connectivity index (χ0v) is 14.1. The fourth-order valence-electron chi connectivity index (χ4n) is 2.42. The van der Waals surface area contributed by atoms with Crippen molar-refractivity contribution in [2.75, 3.05) is 7.05 Å². The van der Waals surface area contributed by atoms with Gasteiger partial charge in [-0.3, -0.25) is 9.78 Å². The Kier molecular flexibility index (Phi) is 5.68. The molecular formula is C19H22N2O3. The van der Waals surface area contributed by atoms with Gasteiger partial charge in [0.2, 0.25) is 0 Å². The number of carboxylic acid groups (broad SMARTS) is 1.